The highest BCUT2D eigenvalue weighted by Gasteiger charge is 2.35. The molecule has 0 aliphatic carbocycles. The number of nitrogens with one attached hydrogen (secondary N) is 2. The van der Waals surface area contributed by atoms with Gasteiger partial charge in [-0.1, -0.05) is 12.1 Å². The van der Waals surface area contributed by atoms with E-state index in [9.17, 15) is 9.59 Å². The van der Waals surface area contributed by atoms with Crippen LogP contribution in [0, 0.1) is 0 Å². The van der Waals surface area contributed by atoms with E-state index in [-0.39, 0.29) is 17.9 Å². The number of carbonyl (C=O) groups is 2. The highest BCUT2D eigenvalue weighted by molar-refractivity contribution is 7.13. The lowest BCUT2D eigenvalue weighted by Crippen LogP contribution is -2.47. The zero-order valence-corrected chi connectivity index (χ0v) is 21.7. The number of aromatic nitrogens is 2. The molecule has 0 spiro atoms. The highest BCUT2D eigenvalue weighted by Crippen LogP contribution is 2.41. The first kappa shape index (κ1) is 25.4. The Hall–Kier alpha value is -4.28. The molecular formula is C28H26N4O5S. The van der Waals surface area contributed by atoms with Gasteiger partial charge in [0.15, 0.2) is 16.6 Å². The largest absolute Gasteiger partial charge is 0.493 e. The third-order valence-electron chi connectivity index (χ3n) is 6.48. The number of aromatic carboxylic acids is 1. The molecule has 1 unspecified atom stereocenters. The van der Waals surface area contributed by atoms with Crippen LogP contribution in [0.3, 0.4) is 0 Å². The fraction of sp³-hybridized carbons (Fsp3) is 0.214. The van der Waals surface area contributed by atoms with Gasteiger partial charge in [-0.15, -0.1) is 11.3 Å². The predicted molar refractivity (Wildman–Crippen MR) is 144 cm³/mol. The molecule has 1 amide bonds. The summed E-state index contributed by atoms with van der Waals surface area (Å²) in [4.78, 5) is 32.5. The van der Waals surface area contributed by atoms with Crippen LogP contribution in [-0.4, -0.2) is 40.6 Å². The molecule has 0 saturated heterocycles. The van der Waals surface area contributed by atoms with Gasteiger partial charge >= 0.3 is 5.97 Å². The number of nitrogens with zero attached hydrogens (tertiary/aromatic N) is 2. The van der Waals surface area contributed by atoms with Gasteiger partial charge in [0.05, 0.1) is 24.6 Å². The summed E-state index contributed by atoms with van der Waals surface area (Å²) in [7, 11) is 1.60. The quantitative estimate of drug-likeness (QED) is 0.288. The van der Waals surface area contributed by atoms with Gasteiger partial charge < -0.3 is 25.2 Å². The first-order valence-electron chi connectivity index (χ1n) is 12.0. The van der Waals surface area contributed by atoms with Gasteiger partial charge in [-0.2, -0.15) is 0 Å². The van der Waals surface area contributed by atoms with Crippen molar-refractivity contribution in [2.45, 2.75) is 25.3 Å². The molecule has 194 valence electrons. The van der Waals surface area contributed by atoms with Crippen molar-refractivity contribution >= 4 is 28.3 Å². The zero-order valence-electron chi connectivity index (χ0n) is 20.9. The van der Waals surface area contributed by atoms with E-state index in [1.54, 1.807) is 49.8 Å². The van der Waals surface area contributed by atoms with Gasteiger partial charge in [0.25, 0.3) is 0 Å². The Bertz CT molecular complexity index is 1460. The molecule has 1 aliphatic rings. The van der Waals surface area contributed by atoms with Gasteiger partial charge in [0.2, 0.25) is 5.91 Å². The van der Waals surface area contributed by atoms with Crippen molar-refractivity contribution in [2.75, 3.05) is 19.0 Å². The van der Waals surface area contributed by atoms with E-state index in [1.165, 1.54) is 11.3 Å². The summed E-state index contributed by atoms with van der Waals surface area (Å²) in [6, 6.07) is 14.0. The molecule has 0 bridgehead atoms. The van der Waals surface area contributed by atoms with Crippen LogP contribution in [0.1, 0.15) is 34.8 Å². The van der Waals surface area contributed by atoms with Crippen molar-refractivity contribution in [3.05, 3.63) is 83.0 Å². The molecule has 38 heavy (non-hydrogen) atoms. The lowest BCUT2D eigenvalue weighted by atomic mass is 9.81. The van der Waals surface area contributed by atoms with Crippen LogP contribution in [0.4, 0.5) is 5.13 Å². The van der Waals surface area contributed by atoms with Gasteiger partial charge in [-0.25, -0.2) is 9.78 Å². The van der Waals surface area contributed by atoms with Crippen molar-refractivity contribution in [2.24, 2.45) is 0 Å². The van der Waals surface area contributed by atoms with Crippen molar-refractivity contribution in [1.29, 1.82) is 0 Å². The molecule has 3 heterocycles. The van der Waals surface area contributed by atoms with E-state index in [1.807, 2.05) is 30.5 Å². The van der Waals surface area contributed by atoms with Crippen LogP contribution in [0.2, 0.25) is 0 Å². The summed E-state index contributed by atoms with van der Waals surface area (Å²) in [5.41, 5.74) is 3.16. The molecule has 2 aromatic carbocycles. The van der Waals surface area contributed by atoms with Crippen LogP contribution in [-0.2, 0) is 16.8 Å². The van der Waals surface area contributed by atoms with Crippen LogP contribution < -0.4 is 20.1 Å². The minimum Gasteiger partial charge on any atom is -0.493 e. The van der Waals surface area contributed by atoms with Gasteiger partial charge in [0.1, 0.15) is 5.75 Å². The summed E-state index contributed by atoms with van der Waals surface area (Å²) in [6.45, 7) is 2.74. The smallest absolute Gasteiger partial charge is 0.335 e. The minimum absolute atomic E-state index is 0.128. The van der Waals surface area contributed by atoms with Gasteiger partial charge in [0, 0.05) is 35.6 Å². The van der Waals surface area contributed by atoms with Crippen molar-refractivity contribution in [3.8, 4) is 28.5 Å². The van der Waals surface area contributed by atoms with Crippen molar-refractivity contribution in [3.63, 3.8) is 0 Å². The monoisotopic (exact) mass is 530 g/mol. The molecule has 0 radical (unpaired) electrons. The van der Waals surface area contributed by atoms with Gasteiger partial charge in [-0.3, -0.25) is 9.78 Å². The minimum atomic E-state index is -0.973. The number of rotatable bonds is 8. The maximum absolute atomic E-state index is 12.8. The summed E-state index contributed by atoms with van der Waals surface area (Å²) in [5, 5.41) is 17.9. The number of amides is 1. The van der Waals surface area contributed by atoms with E-state index >= 15 is 0 Å². The number of carboxylic acid groups (broad SMARTS) is 1. The number of carbonyl (C=O) groups excluding carboxylic acids is 1. The third-order valence-corrected chi connectivity index (χ3v) is 7.17. The second kappa shape index (κ2) is 10.6. The Morgan fingerprint density at radius 2 is 1.95 bits per heavy atom. The number of pyridine rings is 1. The van der Waals surface area contributed by atoms with Crippen LogP contribution in [0.5, 0.6) is 17.2 Å². The second-order valence-corrected chi connectivity index (χ2v) is 9.99. The standard InChI is InChI=1S/C28H26N4O5S/c1-28(15-25(33)32-27-29-11-12-38-27)21-14-24(23(36-2)13-19(21)9-10-31-28)37-20-7-8-22(30-16-20)17-3-5-18(6-4-17)26(34)35/h3-8,11-14,16,31H,9-10,15H2,1-2H3,(H,34,35)(H,29,32,33). The van der Waals surface area contributed by atoms with E-state index in [0.29, 0.717) is 28.1 Å². The third kappa shape index (κ3) is 5.36. The van der Waals surface area contributed by atoms with Crippen molar-refractivity contribution < 1.29 is 24.2 Å². The molecule has 10 heteroatoms. The lowest BCUT2D eigenvalue weighted by Gasteiger charge is -2.37. The Morgan fingerprint density at radius 1 is 1.13 bits per heavy atom. The molecule has 3 N–H and O–H groups in total. The molecule has 1 aliphatic heterocycles. The summed E-state index contributed by atoms with van der Waals surface area (Å²) in [5.74, 6) is 0.521. The second-order valence-electron chi connectivity index (χ2n) is 9.10. The number of hydrogen-bond acceptors (Lipinski definition) is 8. The normalized spacial score (nSPS) is 16.4. The molecule has 1 atom stereocenters. The molecule has 5 rings (SSSR count). The first-order chi connectivity index (χ1) is 18.3. The number of carboxylic acids is 1. The van der Waals surface area contributed by atoms with E-state index in [0.717, 1.165) is 29.7 Å². The Labute approximate surface area is 223 Å². The molecular weight excluding hydrogens is 504 g/mol. The first-order valence-corrected chi connectivity index (χ1v) is 12.9. The van der Waals surface area contributed by atoms with Crippen molar-refractivity contribution in [1.82, 2.24) is 15.3 Å². The molecule has 0 fully saturated rings. The van der Waals surface area contributed by atoms with Crippen LogP contribution in [0.25, 0.3) is 11.3 Å². The van der Waals surface area contributed by atoms with E-state index in [4.69, 9.17) is 14.6 Å². The van der Waals surface area contributed by atoms with E-state index < -0.39 is 11.5 Å². The summed E-state index contributed by atoms with van der Waals surface area (Å²) >= 11 is 1.38. The summed E-state index contributed by atoms with van der Waals surface area (Å²) in [6.07, 6.45) is 4.29. The fourth-order valence-electron chi connectivity index (χ4n) is 4.58. The maximum atomic E-state index is 12.8. The van der Waals surface area contributed by atoms with Crippen LogP contribution >= 0.6 is 11.3 Å². The van der Waals surface area contributed by atoms with E-state index in [2.05, 4.69) is 20.6 Å². The molecule has 4 aromatic rings. The SMILES string of the molecule is COc1cc2c(cc1Oc1ccc(-c3ccc(C(=O)O)cc3)nc1)C(C)(CC(=O)Nc1nccs1)NCC2. The summed E-state index contributed by atoms with van der Waals surface area (Å²) < 4.78 is 11.8. The van der Waals surface area contributed by atoms with Crippen LogP contribution in [0.15, 0.2) is 66.3 Å². The average Bonchev–Trinajstić information content (AvgIpc) is 3.42. The topological polar surface area (TPSA) is 123 Å². The predicted octanol–water partition coefficient (Wildman–Crippen LogP) is 5.09. The number of hydrogen-bond donors (Lipinski definition) is 3. The maximum Gasteiger partial charge on any atom is 0.335 e. The number of anilines is 1. The Morgan fingerprint density at radius 3 is 2.61 bits per heavy atom. The number of methoxy groups -OCH3 is 1. The van der Waals surface area contributed by atoms with Gasteiger partial charge in [-0.05, 0) is 60.9 Å². The Kier molecular flexibility index (Phi) is 7.08. The zero-order chi connectivity index (χ0) is 26.7. The number of ether oxygens (including phenoxy) is 2. The Balaban J connectivity index is 1.38. The fourth-order valence-corrected chi connectivity index (χ4v) is 5.12. The number of fused-ring (bicyclic) bond motifs is 1. The molecule has 0 saturated carbocycles. The average molecular weight is 531 g/mol. The molecule has 2 aromatic heterocycles. The highest BCUT2D eigenvalue weighted by atomic mass is 32.1. The lowest BCUT2D eigenvalue weighted by molar-refractivity contribution is -0.117. The molecule has 9 nitrogen and oxygen atoms in total. The number of benzene rings is 2. The number of thiazole rings is 1.